The average Bonchev–Trinajstić information content (AvgIpc) is 2.41. The van der Waals surface area contributed by atoms with E-state index in [1.54, 1.807) is 13.2 Å². The summed E-state index contributed by atoms with van der Waals surface area (Å²) < 4.78 is 12.1. The van der Waals surface area contributed by atoms with Gasteiger partial charge in [0.25, 0.3) is 0 Å². The Morgan fingerprint density at radius 3 is 2.62 bits per heavy atom. The summed E-state index contributed by atoms with van der Waals surface area (Å²) in [5, 5.41) is 3.09. The number of nitrogens with zero attached hydrogens (tertiary/aromatic N) is 3. The minimum Gasteiger partial charge on any atom is -0.495 e. The van der Waals surface area contributed by atoms with Crippen LogP contribution in [0.3, 0.4) is 0 Å². The van der Waals surface area contributed by atoms with Crippen LogP contribution in [0.5, 0.6) is 11.8 Å². The SMILES string of the molecule is CCOc1nc(Cl)nc(Nc2cc(OC)c(Br)cc2Br)n1. The second-order valence-corrected chi connectivity index (χ2v) is 5.78. The highest BCUT2D eigenvalue weighted by Gasteiger charge is 2.11. The first-order valence-electron chi connectivity index (χ1n) is 5.88. The number of anilines is 2. The zero-order valence-electron chi connectivity index (χ0n) is 11.2. The number of hydrogen-bond acceptors (Lipinski definition) is 6. The lowest BCUT2D eigenvalue weighted by Gasteiger charge is -2.11. The van der Waals surface area contributed by atoms with Crippen LogP contribution in [-0.2, 0) is 0 Å². The maximum Gasteiger partial charge on any atom is 0.322 e. The summed E-state index contributed by atoms with van der Waals surface area (Å²) in [6, 6.07) is 3.82. The third-order valence-corrected chi connectivity index (χ3v) is 3.79. The van der Waals surface area contributed by atoms with Crippen molar-refractivity contribution in [3.05, 3.63) is 26.4 Å². The molecule has 0 bridgehead atoms. The molecule has 1 aromatic carbocycles. The van der Waals surface area contributed by atoms with Gasteiger partial charge in [0.2, 0.25) is 11.2 Å². The van der Waals surface area contributed by atoms with Crippen LogP contribution in [0, 0.1) is 0 Å². The van der Waals surface area contributed by atoms with E-state index >= 15 is 0 Å². The van der Waals surface area contributed by atoms with Crippen molar-refractivity contribution in [3.8, 4) is 11.8 Å². The van der Waals surface area contributed by atoms with Crippen LogP contribution >= 0.6 is 43.5 Å². The predicted molar refractivity (Wildman–Crippen MR) is 87.7 cm³/mol. The van der Waals surface area contributed by atoms with Gasteiger partial charge in [-0.2, -0.15) is 15.0 Å². The Morgan fingerprint density at radius 2 is 1.95 bits per heavy atom. The third-order valence-electron chi connectivity index (χ3n) is 2.35. The molecule has 2 rings (SSSR count). The molecule has 0 aliphatic carbocycles. The molecule has 0 aliphatic heterocycles. The van der Waals surface area contributed by atoms with Crippen LogP contribution in [0.4, 0.5) is 11.6 Å². The summed E-state index contributed by atoms with van der Waals surface area (Å²) in [5.74, 6) is 0.953. The first-order chi connectivity index (χ1) is 10.0. The van der Waals surface area contributed by atoms with E-state index < -0.39 is 0 Å². The molecule has 2 aromatic rings. The van der Waals surface area contributed by atoms with Crippen LogP contribution in [0.2, 0.25) is 5.28 Å². The highest BCUT2D eigenvalue weighted by molar-refractivity contribution is 9.11. The smallest absolute Gasteiger partial charge is 0.322 e. The van der Waals surface area contributed by atoms with Crippen molar-refractivity contribution in [1.82, 2.24) is 15.0 Å². The molecule has 112 valence electrons. The number of aromatic nitrogens is 3. The highest BCUT2D eigenvalue weighted by atomic mass is 79.9. The van der Waals surface area contributed by atoms with Crippen molar-refractivity contribution in [1.29, 1.82) is 0 Å². The Morgan fingerprint density at radius 1 is 1.19 bits per heavy atom. The van der Waals surface area contributed by atoms with E-state index in [2.05, 4.69) is 52.1 Å². The largest absolute Gasteiger partial charge is 0.495 e. The lowest BCUT2D eigenvalue weighted by Crippen LogP contribution is -2.04. The molecule has 0 fully saturated rings. The van der Waals surface area contributed by atoms with Gasteiger partial charge in [-0.3, -0.25) is 0 Å². The van der Waals surface area contributed by atoms with Gasteiger partial charge in [-0.25, -0.2) is 0 Å². The van der Waals surface area contributed by atoms with E-state index in [0.717, 1.165) is 14.6 Å². The second kappa shape index (κ2) is 7.24. The Hall–Kier alpha value is -1.12. The molecule has 0 amide bonds. The molecule has 1 N–H and O–H groups in total. The minimum absolute atomic E-state index is 0.0520. The quantitative estimate of drug-likeness (QED) is 0.755. The summed E-state index contributed by atoms with van der Waals surface area (Å²) in [7, 11) is 1.59. The lowest BCUT2D eigenvalue weighted by atomic mass is 10.3. The normalized spacial score (nSPS) is 10.3. The monoisotopic (exact) mass is 436 g/mol. The van der Waals surface area contributed by atoms with E-state index in [0.29, 0.717) is 12.4 Å². The fourth-order valence-electron chi connectivity index (χ4n) is 1.48. The Kier molecular flexibility index (Phi) is 5.60. The van der Waals surface area contributed by atoms with Crippen molar-refractivity contribution < 1.29 is 9.47 Å². The van der Waals surface area contributed by atoms with Gasteiger partial charge in [-0.05, 0) is 56.5 Å². The number of hydrogen-bond donors (Lipinski definition) is 1. The molecule has 0 aliphatic rings. The van der Waals surface area contributed by atoms with Gasteiger partial charge in [0.1, 0.15) is 5.75 Å². The zero-order valence-corrected chi connectivity index (χ0v) is 15.1. The fourth-order valence-corrected chi connectivity index (χ4v) is 2.89. The summed E-state index contributed by atoms with van der Waals surface area (Å²) in [6.45, 7) is 2.27. The van der Waals surface area contributed by atoms with Gasteiger partial charge in [0.05, 0.1) is 23.9 Å². The summed E-state index contributed by atoms with van der Waals surface area (Å²) in [5.41, 5.74) is 0.722. The van der Waals surface area contributed by atoms with Crippen molar-refractivity contribution in [2.24, 2.45) is 0 Å². The molecule has 6 nitrogen and oxygen atoms in total. The van der Waals surface area contributed by atoms with E-state index in [9.17, 15) is 0 Å². The Bertz CT molecular complexity index is 657. The predicted octanol–water partition coefficient (Wildman–Crippen LogP) is 4.20. The number of nitrogens with one attached hydrogen (secondary N) is 1. The minimum atomic E-state index is 0.0520. The molecule has 21 heavy (non-hydrogen) atoms. The average molecular weight is 439 g/mol. The van der Waals surface area contributed by atoms with Gasteiger partial charge in [-0.15, -0.1) is 0 Å². The van der Waals surface area contributed by atoms with E-state index in [1.807, 2.05) is 13.0 Å². The van der Waals surface area contributed by atoms with Gasteiger partial charge in [-0.1, -0.05) is 0 Å². The molecule has 1 heterocycles. The Labute approximate surface area is 143 Å². The van der Waals surface area contributed by atoms with Crippen molar-refractivity contribution in [3.63, 3.8) is 0 Å². The fraction of sp³-hybridized carbons (Fsp3) is 0.250. The highest BCUT2D eigenvalue weighted by Crippen LogP contribution is 2.35. The van der Waals surface area contributed by atoms with Crippen molar-refractivity contribution >= 4 is 55.1 Å². The first kappa shape index (κ1) is 16.3. The number of halogens is 3. The molecular weight excluding hydrogens is 427 g/mol. The molecule has 0 saturated heterocycles. The molecule has 0 unspecified atom stereocenters. The molecular formula is C12H11Br2ClN4O2. The van der Waals surface area contributed by atoms with E-state index in [4.69, 9.17) is 21.1 Å². The molecule has 1 aromatic heterocycles. The molecule has 9 heteroatoms. The van der Waals surface area contributed by atoms with Crippen LogP contribution in [-0.4, -0.2) is 28.7 Å². The lowest BCUT2D eigenvalue weighted by molar-refractivity contribution is 0.312. The van der Waals surface area contributed by atoms with Gasteiger partial charge in [0, 0.05) is 10.5 Å². The second-order valence-electron chi connectivity index (χ2n) is 3.74. The molecule has 0 radical (unpaired) electrons. The molecule has 0 atom stereocenters. The Balaban J connectivity index is 2.33. The summed E-state index contributed by atoms with van der Waals surface area (Å²) in [6.07, 6.45) is 0. The standard InChI is InChI=1S/C12H11Br2ClN4O2/c1-3-21-12-18-10(15)17-11(19-12)16-8-5-9(20-2)7(14)4-6(8)13/h4-5H,3H2,1-2H3,(H,16,17,18,19). The van der Waals surface area contributed by atoms with Gasteiger partial charge in [0.15, 0.2) is 0 Å². The van der Waals surface area contributed by atoms with Crippen LogP contribution in [0.25, 0.3) is 0 Å². The zero-order chi connectivity index (χ0) is 15.4. The molecule has 0 spiro atoms. The summed E-state index contributed by atoms with van der Waals surface area (Å²) >= 11 is 12.7. The van der Waals surface area contributed by atoms with Crippen molar-refractivity contribution in [2.75, 3.05) is 19.0 Å². The topological polar surface area (TPSA) is 69.2 Å². The van der Waals surface area contributed by atoms with Crippen LogP contribution in [0.1, 0.15) is 6.92 Å². The van der Waals surface area contributed by atoms with Crippen LogP contribution < -0.4 is 14.8 Å². The first-order valence-corrected chi connectivity index (χ1v) is 7.84. The maximum absolute atomic E-state index is 5.85. The molecule has 0 saturated carbocycles. The number of benzene rings is 1. The third kappa shape index (κ3) is 4.18. The number of rotatable bonds is 5. The van der Waals surface area contributed by atoms with E-state index in [1.165, 1.54) is 0 Å². The number of ether oxygens (including phenoxy) is 2. The number of methoxy groups -OCH3 is 1. The van der Waals surface area contributed by atoms with E-state index in [-0.39, 0.29) is 17.2 Å². The van der Waals surface area contributed by atoms with Gasteiger partial charge >= 0.3 is 6.01 Å². The van der Waals surface area contributed by atoms with Crippen LogP contribution in [0.15, 0.2) is 21.1 Å². The maximum atomic E-state index is 5.85. The van der Waals surface area contributed by atoms with Crippen molar-refractivity contribution in [2.45, 2.75) is 6.92 Å². The van der Waals surface area contributed by atoms with Gasteiger partial charge < -0.3 is 14.8 Å². The summed E-state index contributed by atoms with van der Waals surface area (Å²) in [4.78, 5) is 12.0.